The van der Waals surface area contributed by atoms with Crippen LogP contribution < -0.4 is 15.1 Å². The number of aromatic nitrogens is 2. The summed E-state index contributed by atoms with van der Waals surface area (Å²) in [5, 5.41) is 26.7. The highest BCUT2D eigenvalue weighted by Crippen LogP contribution is 2.23. The Morgan fingerprint density at radius 3 is 2.87 bits per heavy atom. The number of thioether (sulfide) groups is 1. The van der Waals surface area contributed by atoms with E-state index in [9.17, 15) is 14.7 Å². The molecule has 0 aliphatic rings. The predicted octanol–water partition coefficient (Wildman–Crippen LogP) is 1.05. The number of amides is 1. The van der Waals surface area contributed by atoms with Gasteiger partial charge in [-0.2, -0.15) is 0 Å². The molecule has 8 nitrogen and oxygen atoms in total. The number of aryl methyl sites for hydroxylation is 1. The zero-order valence-electron chi connectivity index (χ0n) is 11.9. The van der Waals surface area contributed by atoms with Crippen LogP contribution in [0.4, 0.5) is 5.69 Å². The number of rotatable bonds is 6. The fourth-order valence-corrected chi connectivity index (χ4v) is 2.74. The van der Waals surface area contributed by atoms with Crippen LogP contribution in [0.15, 0.2) is 27.7 Å². The quantitative estimate of drug-likeness (QED) is 0.585. The maximum absolute atomic E-state index is 11.8. The summed E-state index contributed by atoms with van der Waals surface area (Å²) in [6, 6.07) is 4.19. The van der Waals surface area contributed by atoms with Crippen LogP contribution in [0.2, 0.25) is 5.02 Å². The average Bonchev–Trinajstić information content (AvgIpc) is 2.80. The molecule has 122 valence electrons. The van der Waals surface area contributed by atoms with Crippen molar-refractivity contribution in [3.05, 3.63) is 28.8 Å². The molecule has 10 heteroatoms. The zero-order chi connectivity index (χ0) is 17.0. The van der Waals surface area contributed by atoms with Gasteiger partial charge in [0.25, 0.3) is 5.03 Å². The Bertz CT molecular complexity index is 730. The van der Waals surface area contributed by atoms with E-state index in [4.69, 9.17) is 16.7 Å². The number of anilines is 1. The number of carboxylic acid groups (broad SMARTS) is 1. The van der Waals surface area contributed by atoms with Gasteiger partial charge in [-0.1, -0.05) is 28.0 Å². The highest BCUT2D eigenvalue weighted by atomic mass is 35.5. The number of aromatic carboxylic acids is 1. The SMILES string of the molecule is C[n+]1noc([O-])c1SCCC(=O)Nc1ccc(Cl)c(C(=O)O)c1. The minimum atomic E-state index is -1.18. The summed E-state index contributed by atoms with van der Waals surface area (Å²) in [5.41, 5.74) is 0.244. The number of halogens is 1. The van der Waals surface area contributed by atoms with Crippen molar-refractivity contribution < 1.29 is 29.0 Å². The third kappa shape index (κ3) is 4.36. The van der Waals surface area contributed by atoms with E-state index in [2.05, 4.69) is 15.1 Å². The second-order valence-corrected chi connectivity index (χ2v) is 5.93. The molecule has 0 aliphatic carbocycles. The first kappa shape index (κ1) is 17.1. The number of hydrogen-bond donors (Lipinski definition) is 2. The minimum Gasteiger partial charge on any atom is -0.538 e. The Labute approximate surface area is 140 Å². The van der Waals surface area contributed by atoms with Crippen LogP contribution in [0.1, 0.15) is 16.8 Å². The van der Waals surface area contributed by atoms with Crippen molar-refractivity contribution in [2.45, 2.75) is 11.4 Å². The van der Waals surface area contributed by atoms with Crippen molar-refractivity contribution in [1.82, 2.24) is 5.27 Å². The molecule has 0 aliphatic heterocycles. The molecular formula is C13H12ClN3O5S. The van der Waals surface area contributed by atoms with E-state index in [0.717, 1.165) is 11.8 Å². The van der Waals surface area contributed by atoms with Crippen molar-refractivity contribution in [2.75, 3.05) is 11.1 Å². The van der Waals surface area contributed by atoms with Gasteiger partial charge in [0.2, 0.25) is 5.91 Å². The highest BCUT2D eigenvalue weighted by Gasteiger charge is 2.15. The van der Waals surface area contributed by atoms with E-state index in [0.29, 0.717) is 16.5 Å². The van der Waals surface area contributed by atoms with Crippen LogP contribution in [0.5, 0.6) is 5.95 Å². The van der Waals surface area contributed by atoms with Gasteiger partial charge in [-0.05, 0) is 18.2 Å². The molecule has 2 aromatic rings. The Hall–Kier alpha value is -2.26. The summed E-state index contributed by atoms with van der Waals surface area (Å²) < 4.78 is 5.76. The van der Waals surface area contributed by atoms with Crippen molar-refractivity contribution in [1.29, 1.82) is 0 Å². The second kappa shape index (κ2) is 7.34. The third-order valence-corrected chi connectivity index (χ3v) is 4.21. The molecule has 0 saturated carbocycles. The van der Waals surface area contributed by atoms with Crippen LogP contribution in [-0.4, -0.2) is 28.0 Å². The third-order valence-electron chi connectivity index (χ3n) is 2.76. The number of carbonyl (C=O) groups is 2. The lowest BCUT2D eigenvalue weighted by Crippen LogP contribution is -2.32. The molecule has 2 rings (SSSR count). The monoisotopic (exact) mass is 357 g/mol. The zero-order valence-corrected chi connectivity index (χ0v) is 13.5. The normalized spacial score (nSPS) is 10.5. The molecule has 1 aromatic carbocycles. The Balaban J connectivity index is 1.90. The molecule has 0 saturated heterocycles. The van der Waals surface area contributed by atoms with Crippen LogP contribution in [-0.2, 0) is 11.8 Å². The standard InChI is InChI=1S/C13H12ClN3O5S/c1-17-11(13(21)22-16-17)23-5-4-10(18)15-7-2-3-9(14)8(6-7)12(19)20/h2-3,6H,4-5H2,1H3,(H2-,15,16,18,19,20,21). The average molecular weight is 358 g/mol. The second-order valence-electron chi connectivity index (χ2n) is 4.44. The van der Waals surface area contributed by atoms with E-state index in [1.54, 1.807) is 7.05 Å². The lowest BCUT2D eigenvalue weighted by Gasteiger charge is -2.06. The lowest BCUT2D eigenvalue weighted by molar-refractivity contribution is -0.772. The Morgan fingerprint density at radius 2 is 2.26 bits per heavy atom. The fraction of sp³-hybridized carbons (Fsp3) is 0.231. The molecule has 0 unspecified atom stereocenters. The predicted molar refractivity (Wildman–Crippen MR) is 79.5 cm³/mol. The first-order valence-corrected chi connectivity index (χ1v) is 7.73. The lowest BCUT2D eigenvalue weighted by atomic mass is 10.2. The number of carboxylic acids is 1. The van der Waals surface area contributed by atoms with Gasteiger partial charge in [0, 0.05) is 17.9 Å². The molecule has 1 amide bonds. The van der Waals surface area contributed by atoms with Crippen LogP contribution in [0.3, 0.4) is 0 Å². The summed E-state index contributed by atoms with van der Waals surface area (Å²) in [5.74, 6) is -1.70. The maximum atomic E-state index is 11.8. The smallest absolute Gasteiger partial charge is 0.337 e. The van der Waals surface area contributed by atoms with Crippen LogP contribution in [0.25, 0.3) is 0 Å². The van der Waals surface area contributed by atoms with Crippen molar-refractivity contribution in [3.63, 3.8) is 0 Å². The van der Waals surface area contributed by atoms with Crippen LogP contribution in [0, 0.1) is 0 Å². The molecule has 1 heterocycles. The molecule has 0 spiro atoms. The molecule has 0 atom stereocenters. The van der Waals surface area contributed by atoms with Crippen molar-refractivity contribution in [2.24, 2.45) is 7.05 Å². The summed E-state index contributed by atoms with van der Waals surface area (Å²) in [6.45, 7) is 0. The first-order chi connectivity index (χ1) is 10.9. The Kier molecular flexibility index (Phi) is 5.45. The summed E-state index contributed by atoms with van der Waals surface area (Å²) in [4.78, 5) is 22.8. The summed E-state index contributed by atoms with van der Waals surface area (Å²) in [6.07, 6.45) is 0.125. The minimum absolute atomic E-state index is 0.0914. The first-order valence-electron chi connectivity index (χ1n) is 6.37. The maximum Gasteiger partial charge on any atom is 0.337 e. The van der Waals surface area contributed by atoms with E-state index < -0.39 is 11.9 Å². The Morgan fingerprint density at radius 1 is 1.52 bits per heavy atom. The van der Waals surface area contributed by atoms with E-state index in [-0.39, 0.29) is 22.9 Å². The molecular weight excluding hydrogens is 346 g/mol. The summed E-state index contributed by atoms with van der Waals surface area (Å²) in [7, 11) is 1.56. The molecule has 2 N–H and O–H groups in total. The molecule has 0 radical (unpaired) electrons. The van der Waals surface area contributed by atoms with E-state index in [1.165, 1.54) is 22.9 Å². The number of nitrogens with one attached hydrogen (secondary N) is 1. The van der Waals surface area contributed by atoms with E-state index >= 15 is 0 Å². The van der Waals surface area contributed by atoms with Gasteiger partial charge in [0.15, 0.2) is 13.0 Å². The number of benzene rings is 1. The topological polar surface area (TPSA) is 119 Å². The highest BCUT2D eigenvalue weighted by molar-refractivity contribution is 7.99. The van der Waals surface area contributed by atoms with Crippen LogP contribution >= 0.6 is 23.4 Å². The van der Waals surface area contributed by atoms with Gasteiger partial charge in [0.05, 0.1) is 15.9 Å². The van der Waals surface area contributed by atoms with Gasteiger partial charge in [-0.3, -0.25) is 4.79 Å². The van der Waals surface area contributed by atoms with E-state index in [1.807, 2.05) is 0 Å². The van der Waals surface area contributed by atoms with Gasteiger partial charge >= 0.3 is 5.97 Å². The van der Waals surface area contributed by atoms with Gasteiger partial charge in [-0.25, -0.2) is 4.79 Å². The van der Waals surface area contributed by atoms with Gasteiger partial charge < -0.3 is 20.1 Å². The molecule has 0 bridgehead atoms. The largest absolute Gasteiger partial charge is 0.538 e. The summed E-state index contributed by atoms with van der Waals surface area (Å²) >= 11 is 6.90. The van der Waals surface area contributed by atoms with Crippen molar-refractivity contribution in [3.8, 4) is 5.95 Å². The molecule has 23 heavy (non-hydrogen) atoms. The number of hydrogen-bond acceptors (Lipinski definition) is 6. The number of carbonyl (C=O) groups excluding carboxylic acids is 1. The molecule has 1 aromatic heterocycles. The van der Waals surface area contributed by atoms with Gasteiger partial charge in [0.1, 0.15) is 0 Å². The molecule has 0 fully saturated rings. The fourth-order valence-electron chi connectivity index (χ4n) is 1.69. The van der Waals surface area contributed by atoms with Crippen molar-refractivity contribution >= 4 is 40.9 Å². The number of nitrogens with zero attached hydrogens (tertiary/aromatic N) is 2. The van der Waals surface area contributed by atoms with Gasteiger partial charge in [-0.15, -0.1) is 0 Å².